The minimum absolute atomic E-state index is 0.198. The normalized spacial score (nSPS) is 19.8. The van der Waals surface area contributed by atoms with Gasteiger partial charge in [0, 0.05) is 11.6 Å². The Morgan fingerprint density at radius 3 is 2.43 bits per heavy atom. The maximum Gasteiger partial charge on any atom is 0.328 e. The van der Waals surface area contributed by atoms with Gasteiger partial charge in [-0.1, -0.05) is 61.0 Å². The van der Waals surface area contributed by atoms with E-state index in [1.54, 1.807) is 25.1 Å². The number of hydrogen-bond acceptors (Lipinski definition) is 2. The van der Waals surface area contributed by atoms with Gasteiger partial charge in [-0.3, -0.25) is 5.32 Å². The molecule has 5 heteroatoms. The minimum Gasteiger partial charge on any atom is -0.480 e. The van der Waals surface area contributed by atoms with Gasteiger partial charge in [0.25, 0.3) is 0 Å². The summed E-state index contributed by atoms with van der Waals surface area (Å²) in [4.78, 5) is 11.9. The van der Waals surface area contributed by atoms with E-state index >= 15 is 0 Å². The Morgan fingerprint density at radius 2 is 1.86 bits per heavy atom. The van der Waals surface area contributed by atoms with Crippen molar-refractivity contribution in [3.05, 3.63) is 33.8 Å². The summed E-state index contributed by atoms with van der Waals surface area (Å²) in [6.45, 7) is 1.66. The van der Waals surface area contributed by atoms with Crippen molar-refractivity contribution in [3.8, 4) is 0 Å². The second-order valence-electron chi connectivity index (χ2n) is 5.86. The Labute approximate surface area is 135 Å². The average Bonchev–Trinajstić information content (AvgIpc) is 2.70. The predicted octanol–water partition coefficient (Wildman–Crippen LogP) is 4.61. The molecule has 21 heavy (non-hydrogen) atoms. The van der Waals surface area contributed by atoms with Gasteiger partial charge in [0.1, 0.15) is 5.54 Å². The summed E-state index contributed by atoms with van der Waals surface area (Å²) in [5.41, 5.74) is -0.704. The van der Waals surface area contributed by atoms with E-state index in [1.165, 1.54) is 12.8 Å². The predicted molar refractivity (Wildman–Crippen MR) is 86.1 cm³/mol. The molecule has 1 aromatic carbocycles. The number of rotatable bonds is 4. The molecule has 0 bridgehead atoms. The Morgan fingerprint density at radius 1 is 1.24 bits per heavy atom. The fourth-order valence-electron chi connectivity index (χ4n) is 2.98. The molecule has 0 spiro atoms. The van der Waals surface area contributed by atoms with E-state index in [-0.39, 0.29) is 6.04 Å². The zero-order valence-corrected chi connectivity index (χ0v) is 13.7. The quantitative estimate of drug-likeness (QED) is 0.793. The van der Waals surface area contributed by atoms with Crippen molar-refractivity contribution in [3.63, 3.8) is 0 Å². The fraction of sp³-hybridized carbons (Fsp3) is 0.562. The van der Waals surface area contributed by atoms with Crippen LogP contribution in [0, 0.1) is 0 Å². The first-order valence-corrected chi connectivity index (χ1v) is 8.16. The number of nitrogens with one attached hydrogen (secondary N) is 1. The lowest BCUT2D eigenvalue weighted by atomic mass is 9.90. The molecule has 1 aliphatic carbocycles. The van der Waals surface area contributed by atoms with Crippen molar-refractivity contribution in [1.29, 1.82) is 0 Å². The van der Waals surface area contributed by atoms with Crippen molar-refractivity contribution in [2.75, 3.05) is 0 Å². The summed E-state index contributed by atoms with van der Waals surface area (Å²) in [6.07, 6.45) is 6.72. The average molecular weight is 330 g/mol. The zero-order valence-electron chi connectivity index (χ0n) is 12.2. The van der Waals surface area contributed by atoms with Crippen LogP contribution in [-0.2, 0) is 10.3 Å². The lowest BCUT2D eigenvalue weighted by Gasteiger charge is -2.32. The maximum absolute atomic E-state index is 11.9. The number of benzene rings is 1. The topological polar surface area (TPSA) is 49.3 Å². The van der Waals surface area contributed by atoms with Crippen molar-refractivity contribution < 1.29 is 9.90 Å². The summed E-state index contributed by atoms with van der Waals surface area (Å²) in [6, 6.07) is 5.33. The SMILES string of the molecule is CC(NC1CCCCCC1)(C(=O)O)c1cccc(Cl)c1Cl. The van der Waals surface area contributed by atoms with Crippen LogP contribution in [0.5, 0.6) is 0 Å². The standard InChI is InChI=1S/C16H21Cl2NO2/c1-16(15(20)21,12-9-6-10-13(17)14(12)18)19-11-7-4-2-3-5-8-11/h6,9-11,19H,2-5,7-8H2,1H3,(H,20,21). The molecule has 0 heterocycles. The number of hydrogen-bond donors (Lipinski definition) is 2. The highest BCUT2D eigenvalue weighted by molar-refractivity contribution is 6.42. The van der Waals surface area contributed by atoms with Crippen LogP contribution in [0.25, 0.3) is 0 Å². The van der Waals surface area contributed by atoms with Gasteiger partial charge >= 0.3 is 5.97 Å². The number of carboxylic acid groups (broad SMARTS) is 1. The highest BCUT2D eigenvalue weighted by Crippen LogP contribution is 2.34. The smallest absolute Gasteiger partial charge is 0.328 e. The van der Waals surface area contributed by atoms with Gasteiger partial charge in [-0.15, -0.1) is 0 Å². The molecule has 1 saturated carbocycles. The summed E-state index contributed by atoms with van der Waals surface area (Å²) >= 11 is 12.3. The second kappa shape index (κ2) is 6.99. The van der Waals surface area contributed by atoms with Crippen molar-refractivity contribution >= 4 is 29.2 Å². The van der Waals surface area contributed by atoms with Gasteiger partial charge in [0.15, 0.2) is 0 Å². The van der Waals surface area contributed by atoms with Crippen LogP contribution >= 0.6 is 23.2 Å². The molecule has 1 fully saturated rings. The molecular formula is C16H21Cl2NO2. The van der Waals surface area contributed by atoms with Crippen LogP contribution in [0.15, 0.2) is 18.2 Å². The monoisotopic (exact) mass is 329 g/mol. The Balaban J connectivity index is 2.31. The summed E-state index contributed by atoms with van der Waals surface area (Å²) in [7, 11) is 0. The second-order valence-corrected chi connectivity index (χ2v) is 6.65. The highest BCUT2D eigenvalue weighted by Gasteiger charge is 2.39. The number of carboxylic acids is 1. The van der Waals surface area contributed by atoms with Gasteiger partial charge in [-0.2, -0.15) is 0 Å². The zero-order chi connectivity index (χ0) is 15.5. The number of carbonyl (C=O) groups is 1. The molecule has 0 saturated heterocycles. The van der Waals surface area contributed by atoms with E-state index in [9.17, 15) is 9.90 Å². The summed E-state index contributed by atoms with van der Waals surface area (Å²) in [5, 5.41) is 13.7. The lowest BCUT2D eigenvalue weighted by Crippen LogP contribution is -2.51. The van der Waals surface area contributed by atoms with E-state index in [4.69, 9.17) is 23.2 Å². The van der Waals surface area contributed by atoms with Crippen LogP contribution in [0.4, 0.5) is 0 Å². The van der Waals surface area contributed by atoms with Crippen LogP contribution in [0.3, 0.4) is 0 Å². The molecule has 116 valence electrons. The molecule has 0 aromatic heterocycles. The van der Waals surface area contributed by atoms with Crippen LogP contribution < -0.4 is 5.32 Å². The molecule has 1 unspecified atom stereocenters. The third-order valence-corrected chi connectivity index (χ3v) is 5.08. The first-order valence-electron chi connectivity index (χ1n) is 7.40. The Bertz CT molecular complexity index is 513. The fourth-order valence-corrected chi connectivity index (χ4v) is 3.47. The molecular weight excluding hydrogens is 309 g/mol. The minimum atomic E-state index is -1.23. The molecule has 0 radical (unpaired) electrons. The first kappa shape index (κ1) is 16.6. The molecule has 1 atom stereocenters. The largest absolute Gasteiger partial charge is 0.480 e. The van der Waals surface area contributed by atoms with Crippen molar-refractivity contribution in [2.24, 2.45) is 0 Å². The molecule has 0 aliphatic heterocycles. The molecule has 2 N–H and O–H groups in total. The molecule has 1 aliphatic rings. The van der Waals surface area contributed by atoms with E-state index < -0.39 is 11.5 Å². The summed E-state index contributed by atoms with van der Waals surface area (Å²) < 4.78 is 0. The van der Waals surface area contributed by atoms with Gasteiger partial charge in [0.2, 0.25) is 0 Å². The number of halogens is 2. The first-order chi connectivity index (χ1) is 9.95. The lowest BCUT2D eigenvalue weighted by molar-refractivity contribution is -0.145. The molecule has 2 rings (SSSR count). The van der Waals surface area contributed by atoms with E-state index in [0.29, 0.717) is 15.6 Å². The molecule has 0 amide bonds. The number of aliphatic carboxylic acids is 1. The highest BCUT2D eigenvalue weighted by atomic mass is 35.5. The van der Waals surface area contributed by atoms with Crippen molar-refractivity contribution in [2.45, 2.75) is 57.0 Å². The Kier molecular flexibility index (Phi) is 5.53. The van der Waals surface area contributed by atoms with Gasteiger partial charge < -0.3 is 5.11 Å². The van der Waals surface area contributed by atoms with Crippen LogP contribution in [0.1, 0.15) is 51.0 Å². The van der Waals surface area contributed by atoms with E-state index in [1.807, 2.05) is 0 Å². The maximum atomic E-state index is 11.9. The van der Waals surface area contributed by atoms with E-state index in [2.05, 4.69) is 5.32 Å². The molecule has 1 aromatic rings. The van der Waals surface area contributed by atoms with Crippen molar-refractivity contribution in [1.82, 2.24) is 5.32 Å². The summed E-state index contributed by atoms with van der Waals surface area (Å²) in [5.74, 6) is -0.934. The van der Waals surface area contributed by atoms with Gasteiger partial charge in [0.05, 0.1) is 10.0 Å². The third-order valence-electron chi connectivity index (χ3n) is 4.27. The van der Waals surface area contributed by atoms with Crippen LogP contribution in [-0.4, -0.2) is 17.1 Å². The Hall–Kier alpha value is -0.770. The molecule has 3 nitrogen and oxygen atoms in total. The van der Waals surface area contributed by atoms with Gasteiger partial charge in [-0.05, 0) is 25.8 Å². The van der Waals surface area contributed by atoms with Gasteiger partial charge in [-0.25, -0.2) is 4.79 Å². The third kappa shape index (κ3) is 3.71. The van der Waals surface area contributed by atoms with E-state index in [0.717, 1.165) is 25.7 Å². The van der Waals surface area contributed by atoms with Crippen LogP contribution in [0.2, 0.25) is 10.0 Å².